The Morgan fingerprint density at radius 1 is 0.850 bits per heavy atom. The van der Waals surface area contributed by atoms with Crippen molar-refractivity contribution in [1.29, 1.82) is 0 Å². The van der Waals surface area contributed by atoms with Crippen LogP contribution in [0.25, 0.3) is 0 Å². The maximum Gasteiger partial charge on any atom is 0.192 e. The minimum absolute atomic E-state index is 0.0481. The molecule has 0 aliphatic heterocycles. The lowest BCUT2D eigenvalue weighted by atomic mass is 9.57. The summed E-state index contributed by atoms with van der Waals surface area (Å²) in [5.74, 6) is 1.57. The Morgan fingerprint density at radius 3 is 1.80 bits per heavy atom. The molecule has 4 heteroatoms. The van der Waals surface area contributed by atoms with E-state index in [9.17, 15) is 0 Å². The van der Waals surface area contributed by atoms with E-state index in [0.717, 1.165) is 24.7 Å². The second-order valence-electron chi connectivity index (χ2n) is 17.7. The van der Waals surface area contributed by atoms with Gasteiger partial charge in [-0.1, -0.05) is 106 Å². The van der Waals surface area contributed by atoms with Crippen LogP contribution in [0.5, 0.6) is 0 Å². The first kappa shape index (κ1) is 34.1. The van der Waals surface area contributed by atoms with Crippen molar-refractivity contribution in [3.63, 3.8) is 0 Å². The molecule has 230 valence electrons. The van der Waals surface area contributed by atoms with E-state index < -0.39 is 16.6 Å². The van der Waals surface area contributed by atoms with Crippen LogP contribution in [-0.2, 0) is 8.85 Å². The number of fused-ring (bicyclic) bond motifs is 1. The first-order valence-corrected chi connectivity index (χ1v) is 22.3. The van der Waals surface area contributed by atoms with Crippen molar-refractivity contribution < 1.29 is 8.85 Å². The third-order valence-corrected chi connectivity index (χ3v) is 21.5. The van der Waals surface area contributed by atoms with E-state index >= 15 is 0 Å². The lowest BCUT2D eigenvalue weighted by Crippen LogP contribution is -2.49. The number of hydrogen-bond donors (Lipinski definition) is 0. The van der Waals surface area contributed by atoms with Gasteiger partial charge in [-0.3, -0.25) is 0 Å². The Morgan fingerprint density at radius 2 is 1.35 bits per heavy atom. The molecule has 3 fully saturated rings. The highest BCUT2D eigenvalue weighted by atomic mass is 28.4. The number of rotatable bonds is 7. The summed E-state index contributed by atoms with van der Waals surface area (Å²) < 4.78 is 14.1. The van der Waals surface area contributed by atoms with E-state index in [1.165, 1.54) is 49.7 Å². The molecule has 0 amide bonds. The third kappa shape index (κ3) is 6.86. The van der Waals surface area contributed by atoms with Gasteiger partial charge in [0.05, 0.1) is 12.2 Å². The Kier molecular flexibility index (Phi) is 9.86. The van der Waals surface area contributed by atoms with Gasteiger partial charge in [-0.2, -0.15) is 0 Å². The average Bonchev–Trinajstić information content (AvgIpc) is 3.17. The molecule has 3 aliphatic rings. The second kappa shape index (κ2) is 11.6. The monoisotopic (exact) mass is 586 g/mol. The zero-order chi connectivity index (χ0) is 30.5. The topological polar surface area (TPSA) is 18.5 Å². The van der Waals surface area contributed by atoms with Gasteiger partial charge >= 0.3 is 0 Å². The summed E-state index contributed by atoms with van der Waals surface area (Å²) in [7, 11) is -3.90. The average molecular weight is 587 g/mol. The van der Waals surface area contributed by atoms with Gasteiger partial charge in [0, 0.05) is 0 Å². The number of allylic oxidation sites excluding steroid dienone is 3. The van der Waals surface area contributed by atoms with Crippen molar-refractivity contribution >= 4 is 16.6 Å². The maximum atomic E-state index is 7.07. The van der Waals surface area contributed by atoms with E-state index in [0.29, 0.717) is 10.8 Å². The Balaban J connectivity index is 1.93. The summed E-state index contributed by atoms with van der Waals surface area (Å²) in [4.78, 5) is 0. The van der Waals surface area contributed by atoms with Crippen LogP contribution in [-0.4, -0.2) is 28.8 Å². The van der Waals surface area contributed by atoms with Crippen LogP contribution in [0.4, 0.5) is 0 Å². The predicted octanol–water partition coefficient (Wildman–Crippen LogP) is 11.6. The van der Waals surface area contributed by atoms with Crippen LogP contribution in [0.15, 0.2) is 35.5 Å². The minimum Gasteiger partial charge on any atom is -0.410 e. The minimum atomic E-state index is -1.95. The molecule has 0 aromatic rings. The van der Waals surface area contributed by atoms with E-state index in [4.69, 9.17) is 8.85 Å². The molecule has 0 saturated heterocycles. The number of hydrogen-bond acceptors (Lipinski definition) is 2. The fourth-order valence-corrected chi connectivity index (χ4v) is 10.1. The van der Waals surface area contributed by atoms with Crippen molar-refractivity contribution in [3.05, 3.63) is 35.5 Å². The maximum absolute atomic E-state index is 7.07. The first-order valence-electron chi connectivity index (χ1n) is 16.5. The third-order valence-electron chi connectivity index (χ3n) is 12.6. The van der Waals surface area contributed by atoms with Gasteiger partial charge in [-0.25, -0.2) is 0 Å². The summed E-state index contributed by atoms with van der Waals surface area (Å²) in [5.41, 5.74) is 5.25. The Labute approximate surface area is 252 Å². The molecule has 0 bridgehead atoms. The van der Waals surface area contributed by atoms with Crippen molar-refractivity contribution in [2.75, 3.05) is 0 Å². The molecular formula is C36H66O2Si2. The van der Waals surface area contributed by atoms with Crippen LogP contribution >= 0.6 is 0 Å². The molecule has 0 spiro atoms. The van der Waals surface area contributed by atoms with Gasteiger partial charge in [0.25, 0.3) is 0 Å². The molecule has 0 heterocycles. The van der Waals surface area contributed by atoms with Crippen LogP contribution in [0.2, 0.25) is 36.3 Å². The van der Waals surface area contributed by atoms with Crippen molar-refractivity contribution in [2.24, 2.45) is 22.7 Å². The molecule has 0 N–H and O–H groups in total. The van der Waals surface area contributed by atoms with Crippen LogP contribution in [0.1, 0.15) is 121 Å². The second-order valence-corrected chi connectivity index (χ2v) is 27.2. The van der Waals surface area contributed by atoms with Gasteiger partial charge in [-0.15, -0.1) is 0 Å². The fraction of sp³-hybridized carbons (Fsp3) is 0.833. The fourth-order valence-electron chi connectivity index (χ4n) is 7.46. The summed E-state index contributed by atoms with van der Waals surface area (Å²) in [6, 6.07) is 0. The predicted molar refractivity (Wildman–Crippen MR) is 181 cm³/mol. The van der Waals surface area contributed by atoms with Gasteiger partial charge in [0.1, 0.15) is 0 Å². The molecule has 3 saturated carbocycles. The molecular weight excluding hydrogens is 521 g/mol. The molecule has 0 aromatic heterocycles. The van der Waals surface area contributed by atoms with Crippen molar-refractivity contribution in [2.45, 2.75) is 169 Å². The smallest absolute Gasteiger partial charge is 0.192 e. The molecule has 2 unspecified atom stereocenters. The largest absolute Gasteiger partial charge is 0.410 e. The standard InChI is InChI=1S/C36H66O2Si2/c1-16-35(9,10)32-22-21-29-28(18-17-23-36(29,32)11)20-19-27-24-30(37-39(12,13)33(3,4)5)26(2)31(25-27)38-40(14,15)34(6,7)8/h19-20,29-32H,2,16-18,21-25H2,1,3-15H3/t29?,30-,31-,32?,36+/m1/s1. The summed E-state index contributed by atoms with van der Waals surface area (Å²) >= 11 is 0. The van der Waals surface area contributed by atoms with Gasteiger partial charge < -0.3 is 8.85 Å². The molecule has 2 nitrogen and oxygen atoms in total. The summed E-state index contributed by atoms with van der Waals surface area (Å²) in [6.07, 6.45) is 15.1. The lowest BCUT2D eigenvalue weighted by Gasteiger charge is -2.48. The Hall–Kier alpha value is -0.426. The Bertz CT molecular complexity index is 945. The lowest BCUT2D eigenvalue weighted by molar-refractivity contribution is 0.0435. The summed E-state index contributed by atoms with van der Waals surface area (Å²) in [6.45, 7) is 38.2. The first-order chi connectivity index (χ1) is 18.1. The highest BCUT2D eigenvalue weighted by Crippen LogP contribution is 2.62. The highest BCUT2D eigenvalue weighted by Gasteiger charge is 2.53. The van der Waals surface area contributed by atoms with Gasteiger partial charge in [0.2, 0.25) is 0 Å². The van der Waals surface area contributed by atoms with E-state index in [1.807, 2.05) is 0 Å². The SMILES string of the molecule is C=C1[C@H](O[Si](C)(C)C(C)(C)C)CC(=CC=C2CCC[C@@]3(C)C2CCC3C(C)(C)CC)C[C@H]1O[Si](C)(C)C(C)(C)C. The molecule has 0 aromatic carbocycles. The van der Waals surface area contributed by atoms with E-state index in [2.05, 4.69) is 114 Å². The molecule has 3 aliphatic carbocycles. The van der Waals surface area contributed by atoms with Crippen molar-refractivity contribution in [1.82, 2.24) is 0 Å². The van der Waals surface area contributed by atoms with E-state index in [-0.39, 0.29) is 22.3 Å². The van der Waals surface area contributed by atoms with Gasteiger partial charge in [-0.05, 0) is 109 Å². The molecule has 3 rings (SSSR count). The van der Waals surface area contributed by atoms with Crippen molar-refractivity contribution in [3.8, 4) is 0 Å². The molecule has 40 heavy (non-hydrogen) atoms. The van der Waals surface area contributed by atoms with Gasteiger partial charge in [0.15, 0.2) is 16.6 Å². The van der Waals surface area contributed by atoms with Crippen LogP contribution in [0, 0.1) is 22.7 Å². The normalized spacial score (nSPS) is 32.0. The molecule has 5 atom stereocenters. The molecule has 0 radical (unpaired) electrons. The quantitative estimate of drug-likeness (QED) is 0.218. The zero-order valence-corrected chi connectivity index (χ0v) is 31.1. The van der Waals surface area contributed by atoms with Crippen LogP contribution < -0.4 is 0 Å². The van der Waals surface area contributed by atoms with E-state index in [1.54, 1.807) is 5.57 Å². The van der Waals surface area contributed by atoms with Crippen LogP contribution in [0.3, 0.4) is 0 Å². The summed E-state index contributed by atoms with van der Waals surface area (Å²) in [5, 5.41) is 0.342. The zero-order valence-electron chi connectivity index (χ0n) is 29.1. The highest BCUT2D eigenvalue weighted by molar-refractivity contribution is 6.74.